The molecule has 0 fully saturated rings. The zero-order chi connectivity index (χ0) is 12.8. The Morgan fingerprint density at radius 2 is 2.06 bits per heavy atom. The van der Waals surface area contributed by atoms with Crippen molar-refractivity contribution >= 4 is 10.0 Å². The molecule has 6 nitrogen and oxygen atoms in total. The van der Waals surface area contributed by atoms with Crippen molar-refractivity contribution in [2.75, 3.05) is 0 Å². The Morgan fingerprint density at radius 1 is 1.50 bits per heavy atom. The maximum Gasteiger partial charge on any atom is 0.517 e. The number of nitrogens with zero attached hydrogens (tertiary/aromatic N) is 2. The van der Waals surface area contributed by atoms with E-state index in [4.69, 9.17) is 5.26 Å². The quantitative estimate of drug-likeness (QED) is 0.413. The van der Waals surface area contributed by atoms with E-state index in [9.17, 15) is 21.6 Å². The molecule has 0 atom stereocenters. The van der Waals surface area contributed by atoms with Gasteiger partial charge >= 0.3 is 15.5 Å². The summed E-state index contributed by atoms with van der Waals surface area (Å²) in [5.41, 5.74) is -5.41. The molecule has 1 heterocycles. The average Bonchev–Trinajstić information content (AvgIpc) is 2.54. The monoisotopic (exact) mass is 257 g/mol. The van der Waals surface area contributed by atoms with Crippen molar-refractivity contribution in [2.45, 2.75) is 5.51 Å². The number of rotatable bonds is 1. The largest absolute Gasteiger partial charge is 0.517 e. The fraction of sp³-hybridized carbons (Fsp3) is 0.333. The number of aromatic amines is 1. The number of aryl methyl sites for hydroxylation is 1. The lowest BCUT2D eigenvalue weighted by Gasteiger charge is -2.02. The van der Waals surface area contributed by atoms with E-state index in [1.807, 2.05) is 30.3 Å². The Balaban J connectivity index is 0.000000315. The van der Waals surface area contributed by atoms with Crippen molar-refractivity contribution in [3.63, 3.8) is 0 Å². The van der Waals surface area contributed by atoms with E-state index >= 15 is 0 Å². The van der Waals surface area contributed by atoms with Gasteiger partial charge < -0.3 is 0 Å². The van der Waals surface area contributed by atoms with Gasteiger partial charge in [-0.05, 0) is 0 Å². The summed E-state index contributed by atoms with van der Waals surface area (Å²) in [5, 5.41) is 7.52. The van der Waals surface area contributed by atoms with E-state index in [1.165, 1.54) is 0 Å². The first kappa shape index (κ1) is 14.2. The van der Waals surface area contributed by atoms with Crippen LogP contribution in [0.15, 0.2) is 18.7 Å². The van der Waals surface area contributed by atoms with Gasteiger partial charge in [0.1, 0.15) is 12.4 Å². The van der Waals surface area contributed by atoms with E-state index in [2.05, 4.69) is 4.98 Å². The SMILES string of the molecule is C[n+]1cc[nH]c1.N#CNS(=O)(=O)C(F)(F)F. The van der Waals surface area contributed by atoms with Gasteiger partial charge in [-0.1, -0.05) is 0 Å². The minimum absolute atomic E-state index is 0.615. The van der Waals surface area contributed by atoms with Gasteiger partial charge in [0.05, 0.1) is 7.05 Å². The Bertz CT molecular complexity index is 445. The van der Waals surface area contributed by atoms with Crippen LogP contribution in [0.2, 0.25) is 0 Å². The highest BCUT2D eigenvalue weighted by Crippen LogP contribution is 2.20. The number of nitrogens with one attached hydrogen (secondary N) is 2. The zero-order valence-electron chi connectivity index (χ0n) is 7.99. The molecule has 10 heteroatoms. The lowest BCUT2D eigenvalue weighted by Crippen LogP contribution is -2.33. The molecule has 0 unspecified atom stereocenters. The van der Waals surface area contributed by atoms with E-state index in [1.54, 1.807) is 0 Å². The van der Waals surface area contributed by atoms with E-state index in [0.717, 1.165) is 0 Å². The maximum atomic E-state index is 11.2. The van der Waals surface area contributed by atoms with Crippen molar-refractivity contribution < 1.29 is 26.2 Å². The summed E-state index contributed by atoms with van der Waals surface area (Å²) < 4.78 is 55.8. The normalized spacial score (nSPS) is 10.9. The summed E-state index contributed by atoms with van der Waals surface area (Å²) in [6.07, 6.45) is 6.35. The third-order valence-corrected chi connectivity index (χ3v) is 2.14. The van der Waals surface area contributed by atoms with Crippen LogP contribution in [0.1, 0.15) is 0 Å². The molecule has 1 aromatic rings. The number of sulfonamides is 1. The molecular formula is C6H8F3N4O2S+. The molecule has 16 heavy (non-hydrogen) atoms. The number of aromatic nitrogens is 2. The van der Waals surface area contributed by atoms with Gasteiger partial charge in [0.2, 0.25) is 6.33 Å². The van der Waals surface area contributed by atoms with Crippen LogP contribution in [0.3, 0.4) is 0 Å². The molecule has 0 spiro atoms. The van der Waals surface area contributed by atoms with Crippen LogP contribution >= 0.6 is 0 Å². The fourth-order valence-corrected chi connectivity index (χ4v) is 0.718. The van der Waals surface area contributed by atoms with Crippen LogP contribution in [0, 0.1) is 11.5 Å². The minimum atomic E-state index is -5.46. The number of nitriles is 1. The maximum absolute atomic E-state index is 11.2. The number of hydrogen-bond acceptors (Lipinski definition) is 3. The number of imidazole rings is 1. The summed E-state index contributed by atoms with van der Waals surface area (Å²) in [5.74, 6) is 0. The second-order valence-corrected chi connectivity index (χ2v) is 4.11. The molecule has 0 aliphatic rings. The molecule has 90 valence electrons. The van der Waals surface area contributed by atoms with Crippen LogP contribution in [-0.2, 0) is 17.1 Å². The highest BCUT2D eigenvalue weighted by molar-refractivity contribution is 7.90. The Labute approximate surface area is 89.4 Å². The van der Waals surface area contributed by atoms with Gasteiger partial charge in [-0.2, -0.15) is 26.9 Å². The van der Waals surface area contributed by atoms with Crippen LogP contribution < -0.4 is 9.29 Å². The van der Waals surface area contributed by atoms with Gasteiger partial charge in [-0.15, -0.1) is 0 Å². The molecule has 0 bridgehead atoms. The average molecular weight is 257 g/mol. The Morgan fingerprint density at radius 3 is 2.19 bits per heavy atom. The topological polar surface area (TPSA) is 89.6 Å². The second-order valence-electron chi connectivity index (χ2n) is 2.44. The van der Waals surface area contributed by atoms with E-state index < -0.39 is 15.5 Å². The van der Waals surface area contributed by atoms with Crippen LogP contribution in [0.5, 0.6) is 0 Å². The molecule has 0 saturated heterocycles. The first-order valence-electron chi connectivity index (χ1n) is 3.66. The molecule has 1 aromatic heterocycles. The first-order chi connectivity index (χ1) is 7.20. The van der Waals surface area contributed by atoms with Gasteiger partial charge in [0, 0.05) is 0 Å². The second kappa shape index (κ2) is 5.36. The van der Waals surface area contributed by atoms with Gasteiger partial charge in [0.15, 0.2) is 6.19 Å². The van der Waals surface area contributed by atoms with Crippen LogP contribution in [0.4, 0.5) is 13.2 Å². The number of halogens is 3. The minimum Gasteiger partial charge on any atom is -0.250 e. The van der Waals surface area contributed by atoms with Crippen LogP contribution in [0.25, 0.3) is 0 Å². The third kappa shape index (κ3) is 4.65. The zero-order valence-corrected chi connectivity index (χ0v) is 8.80. The molecule has 0 saturated carbocycles. The summed E-state index contributed by atoms with van der Waals surface area (Å²) in [6.45, 7) is 0. The first-order valence-corrected chi connectivity index (χ1v) is 5.14. The third-order valence-electron chi connectivity index (χ3n) is 1.17. The Kier molecular flexibility index (Phi) is 4.77. The summed E-state index contributed by atoms with van der Waals surface area (Å²) in [4.78, 5) is 2.89. The number of hydrogen-bond donors (Lipinski definition) is 2. The molecule has 0 aromatic carbocycles. The molecular weight excluding hydrogens is 249 g/mol. The summed E-state index contributed by atoms with van der Waals surface area (Å²) in [6, 6.07) is 0. The van der Waals surface area contributed by atoms with Crippen molar-refractivity contribution in [2.24, 2.45) is 7.05 Å². The number of H-pyrrole nitrogens is 1. The molecule has 0 amide bonds. The smallest absolute Gasteiger partial charge is 0.250 e. The summed E-state index contributed by atoms with van der Waals surface area (Å²) >= 11 is 0. The lowest BCUT2D eigenvalue weighted by atomic mass is 10.9. The van der Waals surface area contributed by atoms with Gasteiger partial charge in [-0.3, -0.25) is 4.98 Å². The van der Waals surface area contributed by atoms with Crippen molar-refractivity contribution in [3.05, 3.63) is 18.7 Å². The Hall–Kier alpha value is -1.76. The van der Waals surface area contributed by atoms with Crippen molar-refractivity contribution in [1.29, 1.82) is 5.26 Å². The fourth-order valence-electron chi connectivity index (χ4n) is 0.482. The molecule has 1 rings (SSSR count). The van der Waals surface area contributed by atoms with Gasteiger partial charge in [-0.25, -0.2) is 9.29 Å². The van der Waals surface area contributed by atoms with Crippen molar-refractivity contribution in [3.8, 4) is 6.19 Å². The molecule has 0 aliphatic carbocycles. The van der Waals surface area contributed by atoms with Gasteiger partial charge in [0.25, 0.3) is 0 Å². The molecule has 0 radical (unpaired) electrons. The summed E-state index contributed by atoms with van der Waals surface area (Å²) in [7, 11) is -3.49. The molecule has 2 N–H and O–H groups in total. The lowest BCUT2D eigenvalue weighted by molar-refractivity contribution is -0.670. The standard InChI is InChI=1S/C4H6N2.C2HF3N2O2S/c1-6-3-2-5-4-6;3-2(4,5)10(8,9)7-1-6/h2-4H,1H3;7H/p+1. The van der Waals surface area contributed by atoms with E-state index in [0.29, 0.717) is 10.9 Å². The molecule has 0 aliphatic heterocycles. The van der Waals surface area contributed by atoms with Crippen LogP contribution in [-0.4, -0.2) is 18.9 Å². The number of alkyl halides is 3. The van der Waals surface area contributed by atoms with E-state index in [-0.39, 0.29) is 0 Å². The highest BCUT2D eigenvalue weighted by Gasteiger charge is 2.45. The van der Waals surface area contributed by atoms with Crippen molar-refractivity contribution in [1.82, 2.24) is 9.71 Å². The predicted octanol–water partition coefficient (Wildman–Crippen LogP) is -0.254. The predicted molar refractivity (Wildman–Crippen MR) is 45.7 cm³/mol. The highest BCUT2D eigenvalue weighted by atomic mass is 32.2.